The van der Waals surface area contributed by atoms with Gasteiger partial charge in [-0.2, -0.15) is 0 Å². The second kappa shape index (κ2) is 5.88. The molecule has 4 nitrogen and oxygen atoms in total. The number of rotatable bonds is 3. The summed E-state index contributed by atoms with van der Waals surface area (Å²) in [6.45, 7) is 4.89. The molecule has 2 N–H and O–H groups in total. The molecule has 0 aliphatic carbocycles. The fourth-order valence-corrected chi connectivity index (χ4v) is 4.59. The van der Waals surface area contributed by atoms with Gasteiger partial charge in [-0.25, -0.2) is 0 Å². The molecular weight excluding hydrogens is 308 g/mol. The Kier molecular flexibility index (Phi) is 3.52. The Bertz CT molecular complexity index is 872. The van der Waals surface area contributed by atoms with Gasteiger partial charge in [0.25, 0.3) is 0 Å². The van der Waals surface area contributed by atoms with Crippen LogP contribution < -0.4 is 5.32 Å². The van der Waals surface area contributed by atoms with E-state index in [2.05, 4.69) is 58.5 Å². The quantitative estimate of drug-likeness (QED) is 0.758. The first kappa shape index (κ1) is 15.0. The van der Waals surface area contributed by atoms with E-state index in [9.17, 15) is 0 Å². The molecule has 2 atom stereocenters. The number of piperidine rings is 3. The number of benzene rings is 1. The fraction of sp³-hybridized carbons (Fsp3) is 0.381. The Balaban J connectivity index is 1.36. The molecule has 3 fully saturated rings. The molecule has 0 saturated carbocycles. The number of fused-ring (bicyclic) bond motifs is 4. The molecular formula is C21H24N4. The molecule has 25 heavy (non-hydrogen) atoms. The average molecular weight is 332 g/mol. The van der Waals surface area contributed by atoms with E-state index in [1.807, 2.05) is 12.4 Å². The van der Waals surface area contributed by atoms with Gasteiger partial charge in [0.15, 0.2) is 0 Å². The maximum Gasteiger partial charge on any atom is 0.0704 e. The lowest BCUT2D eigenvalue weighted by molar-refractivity contribution is 0.0458. The van der Waals surface area contributed by atoms with Gasteiger partial charge in [-0.05, 0) is 68.4 Å². The van der Waals surface area contributed by atoms with Crippen LogP contribution in [0.5, 0.6) is 0 Å². The van der Waals surface area contributed by atoms with Crippen molar-refractivity contribution in [3.05, 3.63) is 48.8 Å². The third-order valence-electron chi connectivity index (χ3n) is 6.13. The highest BCUT2D eigenvalue weighted by atomic mass is 15.2. The number of hydrogen-bond acceptors (Lipinski definition) is 3. The summed E-state index contributed by atoms with van der Waals surface area (Å²) in [5, 5.41) is 4.99. The zero-order valence-corrected chi connectivity index (χ0v) is 14.6. The minimum absolute atomic E-state index is 0.547. The highest BCUT2D eigenvalue weighted by Crippen LogP contribution is 2.34. The number of H-pyrrole nitrogens is 1. The molecule has 2 aromatic heterocycles. The number of aromatic amines is 1. The monoisotopic (exact) mass is 332 g/mol. The fourth-order valence-electron chi connectivity index (χ4n) is 4.59. The molecule has 4 heteroatoms. The summed E-state index contributed by atoms with van der Waals surface area (Å²) in [5.74, 6) is 0.801. The molecule has 128 valence electrons. The molecule has 6 rings (SSSR count). The van der Waals surface area contributed by atoms with Gasteiger partial charge in [0.2, 0.25) is 0 Å². The SMILES string of the molecule is CC1C(Nc2ccc(-c3ccc4cc[nH]c4c3)nc2)C2CCN1CC2. The summed E-state index contributed by atoms with van der Waals surface area (Å²) in [5.41, 5.74) is 4.46. The van der Waals surface area contributed by atoms with Gasteiger partial charge >= 0.3 is 0 Å². The van der Waals surface area contributed by atoms with Crippen molar-refractivity contribution in [2.24, 2.45) is 5.92 Å². The zero-order chi connectivity index (χ0) is 16.8. The van der Waals surface area contributed by atoms with Crippen LogP contribution in [0.3, 0.4) is 0 Å². The van der Waals surface area contributed by atoms with E-state index in [1.165, 1.54) is 31.3 Å². The molecule has 2 bridgehead atoms. The predicted molar refractivity (Wildman–Crippen MR) is 103 cm³/mol. The van der Waals surface area contributed by atoms with Crippen LogP contribution in [0.15, 0.2) is 48.8 Å². The lowest BCUT2D eigenvalue weighted by atomic mass is 9.79. The van der Waals surface area contributed by atoms with Crippen molar-refractivity contribution in [1.82, 2.24) is 14.9 Å². The van der Waals surface area contributed by atoms with Gasteiger partial charge in [-0.1, -0.05) is 12.1 Å². The Morgan fingerprint density at radius 3 is 2.76 bits per heavy atom. The van der Waals surface area contributed by atoms with Crippen molar-refractivity contribution in [2.45, 2.75) is 31.8 Å². The van der Waals surface area contributed by atoms with Crippen LogP contribution in [0.4, 0.5) is 5.69 Å². The van der Waals surface area contributed by atoms with Crippen molar-refractivity contribution >= 4 is 16.6 Å². The van der Waals surface area contributed by atoms with Crippen molar-refractivity contribution in [3.8, 4) is 11.3 Å². The molecule has 3 aromatic rings. The number of hydrogen-bond donors (Lipinski definition) is 2. The van der Waals surface area contributed by atoms with E-state index in [1.54, 1.807) is 0 Å². The number of nitrogens with one attached hydrogen (secondary N) is 2. The summed E-state index contributed by atoms with van der Waals surface area (Å²) < 4.78 is 0. The smallest absolute Gasteiger partial charge is 0.0704 e. The molecule has 0 radical (unpaired) electrons. The van der Waals surface area contributed by atoms with Crippen LogP contribution in [0, 0.1) is 5.92 Å². The van der Waals surface area contributed by atoms with Gasteiger partial charge < -0.3 is 10.3 Å². The molecule has 2 unspecified atom stereocenters. The summed E-state index contributed by atoms with van der Waals surface area (Å²) >= 11 is 0. The lowest BCUT2D eigenvalue weighted by Crippen LogP contribution is -2.59. The minimum Gasteiger partial charge on any atom is -0.379 e. The first-order valence-corrected chi connectivity index (χ1v) is 9.32. The number of aromatic nitrogens is 2. The van der Waals surface area contributed by atoms with Gasteiger partial charge in [-0.3, -0.25) is 9.88 Å². The van der Waals surface area contributed by atoms with Crippen molar-refractivity contribution in [2.75, 3.05) is 18.4 Å². The Hall–Kier alpha value is -2.33. The van der Waals surface area contributed by atoms with E-state index in [4.69, 9.17) is 4.98 Å². The summed E-state index contributed by atoms with van der Waals surface area (Å²) in [4.78, 5) is 10.6. The lowest BCUT2D eigenvalue weighted by Gasteiger charge is -2.50. The normalized spacial score (nSPS) is 28.4. The van der Waals surface area contributed by atoms with Crippen molar-refractivity contribution in [3.63, 3.8) is 0 Å². The summed E-state index contributed by atoms with van der Waals surface area (Å²) in [6, 6.07) is 14.0. The van der Waals surface area contributed by atoms with Crippen LogP contribution in [-0.2, 0) is 0 Å². The number of anilines is 1. The van der Waals surface area contributed by atoms with Gasteiger partial charge in [0.05, 0.1) is 17.6 Å². The van der Waals surface area contributed by atoms with Crippen molar-refractivity contribution in [1.29, 1.82) is 0 Å². The van der Waals surface area contributed by atoms with Crippen molar-refractivity contribution < 1.29 is 0 Å². The van der Waals surface area contributed by atoms with E-state index >= 15 is 0 Å². The van der Waals surface area contributed by atoms with Crippen LogP contribution in [0.2, 0.25) is 0 Å². The molecule has 0 amide bonds. The summed E-state index contributed by atoms with van der Waals surface area (Å²) in [7, 11) is 0. The maximum absolute atomic E-state index is 4.70. The molecule has 3 saturated heterocycles. The number of nitrogens with zero attached hydrogens (tertiary/aromatic N) is 2. The highest BCUT2D eigenvalue weighted by molar-refractivity contribution is 5.84. The first-order valence-electron chi connectivity index (χ1n) is 9.32. The maximum atomic E-state index is 4.70. The third kappa shape index (κ3) is 2.61. The van der Waals surface area contributed by atoms with Crippen LogP contribution >= 0.6 is 0 Å². The van der Waals surface area contributed by atoms with E-state index in [0.717, 1.165) is 28.4 Å². The summed E-state index contributed by atoms with van der Waals surface area (Å²) in [6.07, 6.45) is 6.61. The third-order valence-corrected chi connectivity index (χ3v) is 6.13. The molecule has 1 aromatic carbocycles. The van der Waals surface area contributed by atoms with E-state index < -0.39 is 0 Å². The first-order chi connectivity index (χ1) is 12.3. The van der Waals surface area contributed by atoms with Crippen LogP contribution in [0.1, 0.15) is 19.8 Å². The molecule has 5 heterocycles. The van der Waals surface area contributed by atoms with E-state index in [-0.39, 0.29) is 0 Å². The molecule has 3 aliphatic rings. The minimum atomic E-state index is 0.547. The van der Waals surface area contributed by atoms with Gasteiger partial charge in [0.1, 0.15) is 0 Å². The highest BCUT2D eigenvalue weighted by Gasteiger charge is 2.39. The molecule has 0 spiro atoms. The second-order valence-electron chi connectivity index (χ2n) is 7.50. The number of pyridine rings is 1. The Labute approximate surface area is 148 Å². The van der Waals surface area contributed by atoms with Gasteiger partial charge in [-0.15, -0.1) is 0 Å². The Morgan fingerprint density at radius 2 is 2.00 bits per heavy atom. The Morgan fingerprint density at radius 1 is 1.12 bits per heavy atom. The zero-order valence-electron chi connectivity index (χ0n) is 14.6. The largest absolute Gasteiger partial charge is 0.379 e. The topological polar surface area (TPSA) is 44.0 Å². The average Bonchev–Trinajstić information content (AvgIpc) is 3.13. The predicted octanol–water partition coefficient (Wildman–Crippen LogP) is 4.12. The van der Waals surface area contributed by atoms with Crippen LogP contribution in [-0.4, -0.2) is 40.0 Å². The van der Waals surface area contributed by atoms with E-state index in [0.29, 0.717) is 12.1 Å². The van der Waals surface area contributed by atoms with Crippen LogP contribution in [0.25, 0.3) is 22.2 Å². The standard InChI is InChI=1S/C21H24N4/c1-14-21(16-7-10-25(14)11-8-16)24-18-4-5-19(23-13-18)17-3-2-15-6-9-22-20(15)12-17/h2-6,9,12-14,16,21-22,24H,7-8,10-11H2,1H3. The second-order valence-corrected chi connectivity index (χ2v) is 7.50. The van der Waals surface area contributed by atoms with Gasteiger partial charge in [0, 0.05) is 29.4 Å². The molecule has 3 aliphatic heterocycles.